The predicted molar refractivity (Wildman–Crippen MR) is 29.0 cm³/mol. The lowest BCUT2D eigenvalue weighted by Gasteiger charge is -2.00. The molecule has 0 aliphatic rings. The minimum atomic E-state index is -4.77. The minimum absolute atomic E-state index is 0.613. The third-order valence-electron chi connectivity index (χ3n) is 0.810. The van der Waals surface area contributed by atoms with Crippen molar-refractivity contribution in [3.63, 3.8) is 0 Å². The van der Waals surface area contributed by atoms with Gasteiger partial charge in [0.2, 0.25) is 0 Å². The Hall–Kier alpha value is -0.850. The molecule has 7 heteroatoms. The van der Waals surface area contributed by atoms with E-state index in [2.05, 4.69) is 9.40 Å². The number of halogens is 3. The topological polar surface area (TPSA) is 43.1 Å². The van der Waals surface area contributed by atoms with Crippen LogP contribution in [0.5, 0.6) is 0 Å². The molecule has 0 aliphatic carbocycles. The van der Waals surface area contributed by atoms with Gasteiger partial charge in [-0.1, -0.05) is 0 Å². The molecule has 0 aromatic carbocycles. The Morgan fingerprint density at radius 1 is 1.55 bits per heavy atom. The number of rotatable bonds is 1. The maximum Gasteiger partial charge on any atom is 0.477 e. The molecule has 0 spiro atoms. The Balaban J connectivity index is 2.88. The molecule has 1 rings (SSSR count). The molecule has 62 valence electrons. The smallest absolute Gasteiger partial charge is 0.450 e. The number of hydrogen-bond donors (Lipinski definition) is 0. The van der Waals surface area contributed by atoms with E-state index in [-0.39, 0.29) is 0 Å². The van der Waals surface area contributed by atoms with Crippen LogP contribution in [-0.2, 0) is 10.8 Å². The summed E-state index contributed by atoms with van der Waals surface area (Å²) in [7, 11) is -3.07. The Morgan fingerprint density at radius 2 is 2.18 bits per heavy atom. The van der Waals surface area contributed by atoms with Gasteiger partial charge in [0.05, 0.1) is 0 Å². The van der Waals surface area contributed by atoms with Crippen molar-refractivity contribution in [2.75, 3.05) is 0 Å². The van der Waals surface area contributed by atoms with Crippen LogP contribution < -0.4 is 0 Å². The zero-order chi connectivity index (χ0) is 8.48. The highest BCUT2D eigenvalue weighted by Crippen LogP contribution is 2.24. The molecule has 0 fully saturated rings. The van der Waals surface area contributed by atoms with Crippen molar-refractivity contribution in [1.82, 2.24) is 4.98 Å². The number of hydrogen-bond acceptors (Lipinski definition) is 3. The molecule has 0 radical (unpaired) electrons. The molecule has 1 aromatic rings. The summed E-state index contributed by atoms with van der Waals surface area (Å²) >= 11 is 0. The van der Waals surface area contributed by atoms with Crippen LogP contribution in [-0.4, -0.2) is 14.7 Å². The van der Waals surface area contributed by atoms with Gasteiger partial charge >= 0.3 is 5.51 Å². The van der Waals surface area contributed by atoms with Gasteiger partial charge < -0.3 is 4.42 Å². The molecule has 0 amide bonds. The predicted octanol–water partition coefficient (Wildman–Crippen LogP) is 1.30. The van der Waals surface area contributed by atoms with Crippen molar-refractivity contribution >= 4 is 10.8 Å². The van der Waals surface area contributed by atoms with E-state index in [1.54, 1.807) is 0 Å². The van der Waals surface area contributed by atoms with Crippen molar-refractivity contribution in [3.05, 3.63) is 12.7 Å². The van der Waals surface area contributed by atoms with Crippen LogP contribution in [0.4, 0.5) is 13.2 Å². The Bertz CT molecular complexity index is 255. The summed E-state index contributed by atoms with van der Waals surface area (Å²) in [6.07, 6.45) is 1.49. The molecule has 3 nitrogen and oxygen atoms in total. The zero-order valence-electron chi connectivity index (χ0n) is 4.96. The van der Waals surface area contributed by atoms with Crippen molar-refractivity contribution < 1.29 is 21.8 Å². The van der Waals surface area contributed by atoms with E-state index in [0.717, 1.165) is 6.39 Å². The molecular weight excluding hydrogens is 183 g/mol. The van der Waals surface area contributed by atoms with E-state index in [0.29, 0.717) is 6.26 Å². The van der Waals surface area contributed by atoms with Crippen LogP contribution in [0.2, 0.25) is 0 Å². The van der Waals surface area contributed by atoms with E-state index in [1.807, 2.05) is 0 Å². The second kappa shape index (κ2) is 2.65. The monoisotopic (exact) mass is 185 g/mol. The lowest BCUT2D eigenvalue weighted by molar-refractivity contribution is -0.0386. The van der Waals surface area contributed by atoms with E-state index in [4.69, 9.17) is 0 Å². The van der Waals surface area contributed by atoms with Crippen LogP contribution >= 0.6 is 0 Å². The molecule has 1 aromatic heterocycles. The molecule has 1 unspecified atom stereocenters. The van der Waals surface area contributed by atoms with E-state index < -0.39 is 21.3 Å². The van der Waals surface area contributed by atoms with Gasteiger partial charge in [0.1, 0.15) is 6.26 Å². The fraction of sp³-hybridized carbons (Fsp3) is 0.250. The van der Waals surface area contributed by atoms with E-state index in [9.17, 15) is 17.4 Å². The summed E-state index contributed by atoms with van der Waals surface area (Å²) in [5.74, 6) is 0. The standard InChI is InChI=1S/C4H2F3NO2S/c5-4(6,7)11(9)3-1-10-2-8-3/h1-2H. The first-order valence-corrected chi connectivity index (χ1v) is 3.53. The molecule has 0 saturated carbocycles. The highest BCUT2D eigenvalue weighted by Gasteiger charge is 2.39. The molecule has 0 N–H and O–H groups in total. The maximum atomic E-state index is 11.6. The number of alkyl halides is 3. The Kier molecular flexibility index (Phi) is 1.99. The fourth-order valence-corrected chi connectivity index (χ4v) is 0.930. The van der Waals surface area contributed by atoms with Crippen molar-refractivity contribution in [1.29, 1.82) is 0 Å². The average Bonchev–Trinajstić information content (AvgIpc) is 2.34. The lowest BCUT2D eigenvalue weighted by Crippen LogP contribution is -2.16. The molecule has 0 bridgehead atoms. The second-order valence-electron chi connectivity index (χ2n) is 1.54. The SMILES string of the molecule is O=S(c1cocn1)C(F)(F)F. The van der Waals surface area contributed by atoms with E-state index in [1.165, 1.54) is 0 Å². The largest absolute Gasteiger partial charge is 0.477 e. The lowest BCUT2D eigenvalue weighted by atomic mass is 11.0. The van der Waals surface area contributed by atoms with Crippen LogP contribution in [0.3, 0.4) is 0 Å². The van der Waals surface area contributed by atoms with Gasteiger partial charge in [0.25, 0.3) is 0 Å². The molecule has 0 aliphatic heterocycles. The third kappa shape index (κ3) is 1.79. The number of aromatic nitrogens is 1. The number of nitrogens with zero attached hydrogens (tertiary/aromatic N) is 1. The normalized spacial score (nSPS) is 14.8. The van der Waals surface area contributed by atoms with Gasteiger partial charge in [-0.15, -0.1) is 0 Å². The molecular formula is C4H2F3NO2S. The van der Waals surface area contributed by atoms with Gasteiger partial charge in [-0.25, -0.2) is 9.19 Å². The van der Waals surface area contributed by atoms with Crippen molar-refractivity contribution in [3.8, 4) is 0 Å². The van der Waals surface area contributed by atoms with Gasteiger partial charge in [-0.3, -0.25) is 0 Å². The first kappa shape index (κ1) is 8.25. The van der Waals surface area contributed by atoms with Crippen LogP contribution in [0.1, 0.15) is 0 Å². The van der Waals surface area contributed by atoms with E-state index >= 15 is 0 Å². The summed E-state index contributed by atoms with van der Waals surface area (Å²) in [6, 6.07) is 0. The van der Waals surface area contributed by atoms with Crippen LogP contribution in [0, 0.1) is 0 Å². The highest BCUT2D eigenvalue weighted by molar-refractivity contribution is 7.85. The molecule has 0 saturated heterocycles. The highest BCUT2D eigenvalue weighted by atomic mass is 32.2. The zero-order valence-corrected chi connectivity index (χ0v) is 5.78. The first-order chi connectivity index (χ1) is 5.02. The van der Waals surface area contributed by atoms with Gasteiger partial charge in [0, 0.05) is 0 Å². The molecule has 11 heavy (non-hydrogen) atoms. The van der Waals surface area contributed by atoms with Gasteiger partial charge in [-0.05, 0) is 0 Å². The molecule has 1 atom stereocenters. The van der Waals surface area contributed by atoms with Crippen LogP contribution in [0.15, 0.2) is 22.1 Å². The fourth-order valence-electron chi connectivity index (χ4n) is 0.412. The minimum Gasteiger partial charge on any atom is -0.450 e. The molecule has 1 heterocycles. The van der Waals surface area contributed by atoms with Crippen molar-refractivity contribution in [2.45, 2.75) is 10.5 Å². The summed E-state index contributed by atoms with van der Waals surface area (Å²) in [5.41, 5.74) is -4.77. The first-order valence-electron chi connectivity index (χ1n) is 2.38. The number of oxazole rings is 1. The average molecular weight is 185 g/mol. The van der Waals surface area contributed by atoms with Gasteiger partial charge in [-0.2, -0.15) is 13.2 Å². The second-order valence-corrected chi connectivity index (χ2v) is 2.96. The quantitative estimate of drug-likeness (QED) is 0.662. The summed E-state index contributed by atoms with van der Waals surface area (Å²) < 4.78 is 49.5. The summed E-state index contributed by atoms with van der Waals surface area (Å²) in [4.78, 5) is 3.10. The Morgan fingerprint density at radius 3 is 2.55 bits per heavy atom. The third-order valence-corrected chi connectivity index (χ3v) is 1.81. The summed E-state index contributed by atoms with van der Waals surface area (Å²) in [6.45, 7) is 0. The maximum absolute atomic E-state index is 11.6. The van der Waals surface area contributed by atoms with Crippen molar-refractivity contribution in [2.24, 2.45) is 0 Å². The Labute approximate surface area is 61.7 Å². The summed E-state index contributed by atoms with van der Waals surface area (Å²) in [5, 5.41) is -0.613. The van der Waals surface area contributed by atoms with Crippen LogP contribution in [0.25, 0.3) is 0 Å². The van der Waals surface area contributed by atoms with Gasteiger partial charge in [0.15, 0.2) is 22.2 Å².